The van der Waals surface area contributed by atoms with Gasteiger partial charge in [0, 0.05) is 6.42 Å². The van der Waals surface area contributed by atoms with Crippen molar-refractivity contribution in [2.24, 2.45) is 0 Å². The second kappa shape index (κ2) is 5.79. The summed E-state index contributed by atoms with van der Waals surface area (Å²) in [7, 11) is 1.30. The highest BCUT2D eigenvalue weighted by Crippen LogP contribution is 2.29. The fourth-order valence-electron chi connectivity index (χ4n) is 3.24. The first-order valence-electron chi connectivity index (χ1n) is 7.36. The number of amides is 2. The molecule has 3 atom stereocenters. The van der Waals surface area contributed by atoms with E-state index < -0.39 is 24.1 Å². The molecule has 0 spiro atoms. The zero-order valence-corrected chi connectivity index (χ0v) is 12.3. The highest BCUT2D eigenvalue weighted by atomic mass is 16.5. The first kappa shape index (κ1) is 14.6. The van der Waals surface area contributed by atoms with Gasteiger partial charge in [-0.3, -0.25) is 9.59 Å². The molecule has 1 N–H and O–H groups in total. The Morgan fingerprint density at radius 2 is 2.00 bits per heavy atom. The molecule has 2 saturated heterocycles. The number of piperazine rings is 1. The number of rotatable bonds is 3. The average Bonchev–Trinajstić information content (AvgIpc) is 2.98. The second-order valence-electron chi connectivity index (χ2n) is 5.63. The summed E-state index contributed by atoms with van der Waals surface area (Å²) in [5, 5.41) is 2.78. The molecule has 2 aliphatic heterocycles. The SMILES string of the molecule is COC(=O)[C@@H]1CC[C@@H]2C(=O)N[C@H](Cc3ccccc3)C(=O)N21. The number of benzene rings is 1. The maximum atomic E-state index is 12.7. The summed E-state index contributed by atoms with van der Waals surface area (Å²) in [6, 6.07) is 7.67. The van der Waals surface area contributed by atoms with Gasteiger partial charge in [0.25, 0.3) is 0 Å². The molecule has 2 aliphatic rings. The van der Waals surface area contributed by atoms with Crippen molar-refractivity contribution in [3.63, 3.8) is 0 Å². The van der Waals surface area contributed by atoms with Crippen LogP contribution in [-0.4, -0.2) is 47.9 Å². The van der Waals surface area contributed by atoms with Gasteiger partial charge in [-0.05, 0) is 18.4 Å². The van der Waals surface area contributed by atoms with Crippen molar-refractivity contribution in [3.05, 3.63) is 35.9 Å². The largest absolute Gasteiger partial charge is 0.467 e. The van der Waals surface area contributed by atoms with Crippen molar-refractivity contribution in [2.75, 3.05) is 7.11 Å². The van der Waals surface area contributed by atoms with Gasteiger partial charge in [0.05, 0.1) is 7.11 Å². The Bertz CT molecular complexity index is 601. The van der Waals surface area contributed by atoms with Gasteiger partial charge in [-0.15, -0.1) is 0 Å². The van der Waals surface area contributed by atoms with Gasteiger partial charge >= 0.3 is 5.97 Å². The molecule has 2 fully saturated rings. The molecule has 0 aromatic heterocycles. The number of nitrogens with one attached hydrogen (secondary N) is 1. The van der Waals surface area contributed by atoms with Gasteiger partial charge in [-0.2, -0.15) is 0 Å². The predicted molar refractivity (Wildman–Crippen MR) is 77.7 cm³/mol. The number of esters is 1. The third kappa shape index (κ3) is 2.45. The number of ether oxygens (including phenoxy) is 1. The molecule has 0 radical (unpaired) electrons. The number of hydrogen-bond donors (Lipinski definition) is 1. The Balaban J connectivity index is 1.82. The molecule has 0 bridgehead atoms. The minimum atomic E-state index is -0.646. The van der Waals surface area contributed by atoms with Crippen LogP contribution in [0.15, 0.2) is 30.3 Å². The molecular formula is C16H18N2O4. The van der Waals surface area contributed by atoms with Crippen molar-refractivity contribution in [1.82, 2.24) is 10.2 Å². The van der Waals surface area contributed by atoms with Gasteiger partial charge in [0.15, 0.2) is 0 Å². The Morgan fingerprint density at radius 1 is 1.27 bits per heavy atom. The summed E-state index contributed by atoms with van der Waals surface area (Å²) in [5.74, 6) is -0.850. The summed E-state index contributed by atoms with van der Waals surface area (Å²) >= 11 is 0. The number of hydrogen-bond acceptors (Lipinski definition) is 4. The summed E-state index contributed by atoms with van der Waals surface area (Å²) < 4.78 is 4.76. The number of carbonyl (C=O) groups excluding carboxylic acids is 3. The quantitative estimate of drug-likeness (QED) is 0.813. The third-order valence-electron chi connectivity index (χ3n) is 4.31. The van der Waals surface area contributed by atoms with E-state index >= 15 is 0 Å². The lowest BCUT2D eigenvalue weighted by Crippen LogP contribution is -2.64. The Hall–Kier alpha value is -2.37. The lowest BCUT2D eigenvalue weighted by molar-refractivity contribution is -0.157. The normalized spacial score (nSPS) is 27.3. The summed E-state index contributed by atoms with van der Waals surface area (Å²) in [6.07, 6.45) is 1.38. The number of carbonyl (C=O) groups is 3. The third-order valence-corrected chi connectivity index (χ3v) is 4.31. The molecule has 0 unspecified atom stereocenters. The van der Waals surface area contributed by atoms with E-state index in [-0.39, 0.29) is 11.8 Å². The van der Waals surface area contributed by atoms with Crippen molar-refractivity contribution >= 4 is 17.8 Å². The summed E-state index contributed by atoms with van der Waals surface area (Å²) in [4.78, 5) is 38.2. The minimum absolute atomic E-state index is 0.188. The van der Waals surface area contributed by atoms with Crippen LogP contribution >= 0.6 is 0 Å². The zero-order valence-electron chi connectivity index (χ0n) is 12.3. The maximum absolute atomic E-state index is 12.7. The molecule has 1 aromatic carbocycles. The van der Waals surface area contributed by atoms with E-state index in [1.165, 1.54) is 12.0 Å². The number of fused-ring (bicyclic) bond motifs is 1. The topological polar surface area (TPSA) is 75.7 Å². The molecule has 0 saturated carbocycles. The van der Waals surface area contributed by atoms with Gasteiger partial charge in [-0.25, -0.2) is 4.79 Å². The van der Waals surface area contributed by atoms with Crippen LogP contribution in [0.25, 0.3) is 0 Å². The average molecular weight is 302 g/mol. The second-order valence-corrected chi connectivity index (χ2v) is 5.63. The van der Waals surface area contributed by atoms with Gasteiger partial charge in [0.1, 0.15) is 18.1 Å². The first-order chi connectivity index (χ1) is 10.6. The lowest BCUT2D eigenvalue weighted by atomic mass is 10.0. The molecule has 22 heavy (non-hydrogen) atoms. The van der Waals surface area contributed by atoms with E-state index in [4.69, 9.17) is 4.74 Å². The highest BCUT2D eigenvalue weighted by molar-refractivity contribution is 6.00. The fourth-order valence-corrected chi connectivity index (χ4v) is 3.24. The van der Waals surface area contributed by atoms with Crippen molar-refractivity contribution in [2.45, 2.75) is 37.4 Å². The Kier molecular flexibility index (Phi) is 3.83. The molecule has 2 heterocycles. The molecular weight excluding hydrogens is 284 g/mol. The van der Waals surface area contributed by atoms with E-state index in [0.29, 0.717) is 19.3 Å². The molecule has 6 nitrogen and oxygen atoms in total. The van der Waals surface area contributed by atoms with Crippen LogP contribution in [0.5, 0.6) is 0 Å². The molecule has 1 aromatic rings. The monoisotopic (exact) mass is 302 g/mol. The van der Waals surface area contributed by atoms with E-state index in [1.54, 1.807) is 0 Å². The van der Waals surface area contributed by atoms with E-state index in [2.05, 4.69) is 5.32 Å². The van der Waals surface area contributed by atoms with Crippen molar-refractivity contribution in [3.8, 4) is 0 Å². The predicted octanol–water partition coefficient (Wildman–Crippen LogP) is 0.260. The minimum Gasteiger partial charge on any atom is -0.467 e. The maximum Gasteiger partial charge on any atom is 0.328 e. The summed E-state index contributed by atoms with van der Waals surface area (Å²) in [6.45, 7) is 0. The van der Waals surface area contributed by atoms with Crippen LogP contribution in [0.4, 0.5) is 0 Å². The molecule has 2 amide bonds. The molecule has 116 valence electrons. The molecule has 6 heteroatoms. The molecule has 3 rings (SSSR count). The summed E-state index contributed by atoms with van der Waals surface area (Å²) in [5.41, 5.74) is 0.966. The molecule has 0 aliphatic carbocycles. The van der Waals surface area contributed by atoms with E-state index in [0.717, 1.165) is 5.56 Å². The zero-order chi connectivity index (χ0) is 15.7. The van der Waals surface area contributed by atoms with Crippen LogP contribution in [0.3, 0.4) is 0 Å². The van der Waals surface area contributed by atoms with Crippen molar-refractivity contribution < 1.29 is 19.1 Å². The standard InChI is InChI=1S/C16H18N2O4/c1-22-16(21)13-8-7-12-14(19)17-11(15(20)18(12)13)9-10-5-3-2-4-6-10/h2-6,11-13H,7-9H2,1H3,(H,17,19)/t11-,12-,13+/m1/s1. The highest BCUT2D eigenvalue weighted by Gasteiger charge is 2.50. The van der Waals surface area contributed by atoms with Gasteiger partial charge < -0.3 is 15.0 Å². The fraction of sp³-hybridized carbons (Fsp3) is 0.438. The number of nitrogens with zero attached hydrogens (tertiary/aromatic N) is 1. The van der Waals surface area contributed by atoms with Gasteiger partial charge in [0.2, 0.25) is 11.8 Å². The van der Waals surface area contributed by atoms with Gasteiger partial charge in [-0.1, -0.05) is 30.3 Å². The van der Waals surface area contributed by atoms with Crippen molar-refractivity contribution in [1.29, 1.82) is 0 Å². The van der Waals surface area contributed by atoms with Crippen LogP contribution < -0.4 is 5.32 Å². The number of methoxy groups -OCH3 is 1. The van der Waals surface area contributed by atoms with Crippen LogP contribution in [0.1, 0.15) is 18.4 Å². The van der Waals surface area contributed by atoms with Crippen LogP contribution in [-0.2, 0) is 25.5 Å². The smallest absolute Gasteiger partial charge is 0.328 e. The Labute approximate surface area is 128 Å². The Morgan fingerprint density at radius 3 is 2.68 bits per heavy atom. The van der Waals surface area contributed by atoms with Crippen LogP contribution in [0.2, 0.25) is 0 Å². The van der Waals surface area contributed by atoms with E-state index in [1.807, 2.05) is 30.3 Å². The lowest BCUT2D eigenvalue weighted by Gasteiger charge is -2.37. The van der Waals surface area contributed by atoms with Crippen LogP contribution in [0, 0.1) is 0 Å². The van der Waals surface area contributed by atoms with E-state index in [9.17, 15) is 14.4 Å². The first-order valence-corrected chi connectivity index (χ1v) is 7.36.